The molecule has 0 atom stereocenters. The van der Waals surface area contributed by atoms with Crippen LogP contribution >= 0.6 is 22.9 Å². The summed E-state index contributed by atoms with van der Waals surface area (Å²) in [6, 6.07) is 12.0. The van der Waals surface area contributed by atoms with Gasteiger partial charge in [0.1, 0.15) is 23.1 Å². The number of carbonyl (C=O) groups is 1. The number of thiazole rings is 1. The molecule has 156 valence electrons. The quantitative estimate of drug-likeness (QED) is 0.562. The van der Waals surface area contributed by atoms with E-state index in [2.05, 4.69) is 4.98 Å². The highest BCUT2D eigenvalue weighted by Gasteiger charge is 2.26. The second-order valence-corrected chi connectivity index (χ2v) is 10.4. The molecule has 0 fully saturated rings. The third-order valence-corrected chi connectivity index (χ3v) is 6.97. The fourth-order valence-corrected chi connectivity index (χ4v) is 4.78. The zero-order chi connectivity index (χ0) is 21.3. The predicted octanol–water partition coefficient (Wildman–Crippen LogP) is 4.37. The van der Waals surface area contributed by atoms with Crippen LogP contribution in [0.1, 0.15) is 27.5 Å². The molecule has 1 aliphatic heterocycles. The van der Waals surface area contributed by atoms with Crippen LogP contribution in [-0.2, 0) is 22.9 Å². The molecule has 9 heteroatoms. The average molecular weight is 463 g/mol. The van der Waals surface area contributed by atoms with Crippen LogP contribution in [0.25, 0.3) is 0 Å². The number of fused-ring (bicyclic) bond motifs is 1. The number of aromatic nitrogens is 1. The molecule has 0 bridgehead atoms. The van der Waals surface area contributed by atoms with Crippen molar-refractivity contribution in [1.29, 1.82) is 0 Å². The number of aryl methyl sites for hydroxylation is 1. The van der Waals surface area contributed by atoms with Crippen LogP contribution < -0.4 is 9.64 Å². The van der Waals surface area contributed by atoms with Gasteiger partial charge < -0.3 is 9.64 Å². The number of ether oxygens (including phenoxy) is 1. The highest BCUT2D eigenvalue weighted by molar-refractivity contribution is 7.90. The molecule has 0 radical (unpaired) electrons. The Labute approximate surface area is 184 Å². The standard InChI is InChI=1S/C21H19ClN2O4S2/c1-30(26,27)17-8-9-19-14(11-17)3-2-10-24(19)21(25)18-13-29-20(23-18)12-28-16-6-4-15(22)5-7-16/h4-9,11,13H,2-3,10,12H2,1H3. The van der Waals surface area contributed by atoms with Crippen molar-refractivity contribution < 1.29 is 17.9 Å². The van der Waals surface area contributed by atoms with Gasteiger partial charge in [0, 0.05) is 28.9 Å². The second-order valence-electron chi connectivity index (χ2n) is 6.99. The van der Waals surface area contributed by atoms with Crippen molar-refractivity contribution in [2.45, 2.75) is 24.3 Å². The van der Waals surface area contributed by atoms with Crippen molar-refractivity contribution in [3.05, 3.63) is 69.1 Å². The van der Waals surface area contributed by atoms with Crippen LogP contribution in [0, 0.1) is 0 Å². The van der Waals surface area contributed by atoms with E-state index >= 15 is 0 Å². The number of benzene rings is 2. The van der Waals surface area contributed by atoms with Gasteiger partial charge in [0.25, 0.3) is 5.91 Å². The Morgan fingerprint density at radius 2 is 2.00 bits per heavy atom. The maximum absolute atomic E-state index is 13.1. The van der Waals surface area contributed by atoms with Gasteiger partial charge in [0.15, 0.2) is 9.84 Å². The number of sulfone groups is 1. The normalized spacial score (nSPS) is 13.7. The Morgan fingerprint density at radius 3 is 2.73 bits per heavy atom. The van der Waals surface area contributed by atoms with Crippen molar-refractivity contribution >= 4 is 44.4 Å². The minimum atomic E-state index is -3.29. The number of hydrogen-bond acceptors (Lipinski definition) is 6. The van der Waals surface area contributed by atoms with Crippen LogP contribution in [0.15, 0.2) is 52.7 Å². The van der Waals surface area contributed by atoms with Crippen LogP contribution in [-0.4, -0.2) is 32.1 Å². The summed E-state index contributed by atoms with van der Waals surface area (Å²) in [5.74, 6) is 0.478. The molecule has 1 aromatic heterocycles. The molecule has 30 heavy (non-hydrogen) atoms. The van der Waals surface area contributed by atoms with Gasteiger partial charge in [-0.05, 0) is 60.9 Å². The lowest BCUT2D eigenvalue weighted by molar-refractivity contribution is 0.0980. The van der Waals surface area contributed by atoms with E-state index in [4.69, 9.17) is 16.3 Å². The largest absolute Gasteiger partial charge is 0.486 e. The fraction of sp³-hybridized carbons (Fsp3) is 0.238. The predicted molar refractivity (Wildman–Crippen MR) is 117 cm³/mol. The molecule has 2 aromatic carbocycles. The maximum atomic E-state index is 13.1. The van der Waals surface area contributed by atoms with Gasteiger partial charge in [-0.1, -0.05) is 11.6 Å². The Bertz CT molecular complexity index is 1190. The molecule has 2 heterocycles. The highest BCUT2D eigenvalue weighted by Crippen LogP contribution is 2.31. The van der Waals surface area contributed by atoms with Gasteiger partial charge in [0.05, 0.1) is 4.90 Å². The van der Waals surface area contributed by atoms with Gasteiger partial charge in [-0.25, -0.2) is 13.4 Å². The van der Waals surface area contributed by atoms with Crippen LogP contribution in [0.5, 0.6) is 5.75 Å². The third-order valence-electron chi connectivity index (χ3n) is 4.79. The van der Waals surface area contributed by atoms with Gasteiger partial charge in [0.2, 0.25) is 0 Å². The lowest BCUT2D eigenvalue weighted by Crippen LogP contribution is -2.35. The number of nitrogens with zero attached hydrogens (tertiary/aromatic N) is 2. The fourth-order valence-electron chi connectivity index (χ4n) is 3.30. The van der Waals surface area contributed by atoms with Gasteiger partial charge in [-0.2, -0.15) is 0 Å². The Hall–Kier alpha value is -2.42. The maximum Gasteiger partial charge on any atom is 0.277 e. The van der Waals surface area contributed by atoms with E-state index in [0.717, 1.165) is 24.1 Å². The molecule has 3 aromatic rings. The highest BCUT2D eigenvalue weighted by atomic mass is 35.5. The molecule has 0 spiro atoms. The van der Waals surface area contributed by atoms with E-state index in [1.54, 1.807) is 52.7 Å². The summed E-state index contributed by atoms with van der Waals surface area (Å²) < 4.78 is 29.4. The number of rotatable bonds is 5. The average Bonchev–Trinajstić information content (AvgIpc) is 3.20. The minimum absolute atomic E-state index is 0.197. The SMILES string of the molecule is CS(=O)(=O)c1ccc2c(c1)CCCN2C(=O)c1csc(COc2ccc(Cl)cc2)n1. The van der Waals surface area contributed by atoms with Crippen LogP contribution in [0.4, 0.5) is 5.69 Å². The van der Waals surface area contributed by atoms with Crippen molar-refractivity contribution in [2.24, 2.45) is 0 Å². The molecular weight excluding hydrogens is 444 g/mol. The Balaban J connectivity index is 1.50. The molecule has 1 aliphatic rings. The molecule has 0 N–H and O–H groups in total. The topological polar surface area (TPSA) is 76.6 Å². The van der Waals surface area contributed by atoms with Gasteiger partial charge >= 0.3 is 0 Å². The lowest BCUT2D eigenvalue weighted by atomic mass is 10.0. The number of halogens is 1. The molecular formula is C21H19ClN2O4S2. The first-order chi connectivity index (χ1) is 14.3. The molecule has 0 saturated heterocycles. The first-order valence-corrected chi connectivity index (χ1v) is 12.4. The summed E-state index contributed by atoms with van der Waals surface area (Å²) in [5.41, 5.74) is 1.96. The number of hydrogen-bond donors (Lipinski definition) is 0. The summed E-state index contributed by atoms with van der Waals surface area (Å²) in [6.07, 6.45) is 2.69. The van der Waals surface area contributed by atoms with Crippen LogP contribution in [0.2, 0.25) is 5.02 Å². The van der Waals surface area contributed by atoms with Crippen molar-refractivity contribution in [1.82, 2.24) is 4.98 Å². The smallest absolute Gasteiger partial charge is 0.277 e. The Morgan fingerprint density at radius 1 is 1.23 bits per heavy atom. The summed E-state index contributed by atoms with van der Waals surface area (Å²) in [7, 11) is -3.29. The second kappa shape index (κ2) is 8.37. The summed E-state index contributed by atoms with van der Waals surface area (Å²) in [5, 5.41) is 3.05. The van der Waals surface area contributed by atoms with E-state index in [9.17, 15) is 13.2 Å². The van der Waals surface area contributed by atoms with E-state index in [0.29, 0.717) is 28.0 Å². The molecule has 0 aliphatic carbocycles. The first kappa shape index (κ1) is 20.8. The zero-order valence-corrected chi connectivity index (χ0v) is 18.6. The first-order valence-electron chi connectivity index (χ1n) is 9.29. The van der Waals surface area contributed by atoms with E-state index in [1.165, 1.54) is 17.6 Å². The van der Waals surface area contributed by atoms with Crippen molar-refractivity contribution in [3.8, 4) is 5.75 Å². The molecule has 0 unspecified atom stereocenters. The molecule has 0 saturated carbocycles. The summed E-state index contributed by atoms with van der Waals surface area (Å²) in [6.45, 7) is 0.825. The van der Waals surface area contributed by atoms with E-state index in [1.807, 2.05) is 0 Å². The Kier molecular flexibility index (Phi) is 5.81. The minimum Gasteiger partial charge on any atom is -0.486 e. The van der Waals surface area contributed by atoms with E-state index < -0.39 is 9.84 Å². The third kappa shape index (κ3) is 4.50. The number of carbonyl (C=O) groups excluding carboxylic acids is 1. The van der Waals surface area contributed by atoms with Crippen molar-refractivity contribution in [2.75, 3.05) is 17.7 Å². The lowest BCUT2D eigenvalue weighted by Gasteiger charge is -2.29. The van der Waals surface area contributed by atoms with Gasteiger partial charge in [-0.15, -0.1) is 11.3 Å². The monoisotopic (exact) mass is 462 g/mol. The van der Waals surface area contributed by atoms with E-state index in [-0.39, 0.29) is 17.4 Å². The molecule has 6 nitrogen and oxygen atoms in total. The van der Waals surface area contributed by atoms with Gasteiger partial charge in [-0.3, -0.25) is 4.79 Å². The molecule has 1 amide bonds. The molecule has 4 rings (SSSR count). The van der Waals surface area contributed by atoms with Crippen LogP contribution in [0.3, 0.4) is 0 Å². The number of anilines is 1. The summed E-state index contributed by atoms with van der Waals surface area (Å²) in [4.78, 5) is 19.4. The summed E-state index contributed by atoms with van der Waals surface area (Å²) >= 11 is 7.23. The van der Waals surface area contributed by atoms with Crippen molar-refractivity contribution in [3.63, 3.8) is 0 Å². The zero-order valence-electron chi connectivity index (χ0n) is 16.2. The number of amides is 1.